The summed E-state index contributed by atoms with van der Waals surface area (Å²) in [5, 5.41) is 38.9. The molecular formula is C30H30N4O6. The van der Waals surface area contributed by atoms with Crippen LogP contribution < -0.4 is 10.1 Å². The number of nitrogens with one attached hydrogen (secondary N) is 1. The van der Waals surface area contributed by atoms with Crippen LogP contribution in [0, 0.1) is 16.0 Å². The Bertz CT molecular complexity index is 1610. The summed E-state index contributed by atoms with van der Waals surface area (Å²) < 4.78 is 6.53. The van der Waals surface area contributed by atoms with Crippen LogP contribution in [0.25, 0.3) is 10.8 Å². The number of nitro groups is 1. The van der Waals surface area contributed by atoms with Crippen molar-refractivity contribution in [2.45, 2.75) is 67.7 Å². The first kappa shape index (κ1) is 24.1. The lowest BCUT2D eigenvalue weighted by Gasteiger charge is -2.64. The number of nitro benzene ring substituents is 1. The molecule has 1 spiro atoms. The Morgan fingerprint density at radius 2 is 2.02 bits per heavy atom. The lowest BCUT2D eigenvalue weighted by atomic mass is 9.48. The molecule has 5 aliphatic rings. The van der Waals surface area contributed by atoms with Gasteiger partial charge >= 0.3 is 0 Å². The average Bonchev–Trinajstić information content (AvgIpc) is 3.69. The minimum Gasteiger partial charge on any atom is -0.504 e. The van der Waals surface area contributed by atoms with Crippen LogP contribution in [0.4, 0.5) is 5.69 Å². The molecule has 2 aromatic carbocycles. The number of likely N-dealkylation sites (tertiary alicyclic amines) is 1. The maximum absolute atomic E-state index is 13.5. The number of hydrogen-bond donors (Lipinski definition) is 3. The molecule has 0 radical (unpaired) electrons. The van der Waals surface area contributed by atoms with Gasteiger partial charge in [0.15, 0.2) is 11.5 Å². The van der Waals surface area contributed by atoms with Gasteiger partial charge in [0.2, 0.25) is 0 Å². The van der Waals surface area contributed by atoms with Gasteiger partial charge in [-0.15, -0.1) is 0 Å². The number of nitrogens with zero attached hydrogens (tertiary/aromatic N) is 3. The third kappa shape index (κ3) is 3.17. The highest BCUT2D eigenvalue weighted by molar-refractivity contribution is 5.97. The van der Waals surface area contributed by atoms with Crippen LogP contribution in [0.1, 0.15) is 53.7 Å². The largest absolute Gasteiger partial charge is 0.504 e. The van der Waals surface area contributed by atoms with E-state index >= 15 is 0 Å². The summed E-state index contributed by atoms with van der Waals surface area (Å²) in [4.78, 5) is 30.9. The van der Waals surface area contributed by atoms with Crippen molar-refractivity contribution in [3.8, 4) is 11.5 Å². The van der Waals surface area contributed by atoms with Crippen LogP contribution in [0.3, 0.4) is 0 Å². The Hall–Kier alpha value is -3.76. The fourth-order valence-corrected chi connectivity index (χ4v) is 8.24. The molecule has 3 fully saturated rings. The number of phenolic OH excluding ortho intramolecular Hbond substituents is 1. The first-order chi connectivity index (χ1) is 19.3. The number of carbonyl (C=O) groups is 1. The van der Waals surface area contributed by atoms with Crippen LogP contribution in [0.5, 0.6) is 11.5 Å². The lowest BCUT2D eigenvalue weighted by Crippen LogP contribution is -2.78. The van der Waals surface area contributed by atoms with E-state index in [4.69, 9.17) is 4.74 Å². The Morgan fingerprint density at radius 1 is 1.18 bits per heavy atom. The first-order valence-corrected chi connectivity index (χ1v) is 14.1. The van der Waals surface area contributed by atoms with Crippen molar-refractivity contribution in [3.63, 3.8) is 0 Å². The standard InChI is InChI=1S/C30H30N4O6/c35-23-6-4-18-13-24-30(37)8-7-21(27-29(30,25(18)26(23)40-27)9-10-33(24)15-16-1-2-16)32-28(36)22-12-17-3-5-20(34(38)39)11-19(17)14-31-22/h3-6,11-12,14,16,21,24,27,35,37H,1-2,7-10,13,15H2,(H,32,36)/t21-,24-,27+,29+,30-/m1/s1. The molecule has 0 unspecified atom stereocenters. The number of amides is 1. The maximum Gasteiger partial charge on any atom is 0.270 e. The summed E-state index contributed by atoms with van der Waals surface area (Å²) in [7, 11) is 0. The summed E-state index contributed by atoms with van der Waals surface area (Å²) in [5.41, 5.74) is 0.475. The molecule has 3 aliphatic carbocycles. The van der Waals surface area contributed by atoms with Crippen molar-refractivity contribution in [3.05, 3.63) is 69.5 Å². The number of ether oxygens (including phenoxy) is 1. The Balaban J connectivity index is 1.14. The van der Waals surface area contributed by atoms with E-state index in [0.29, 0.717) is 41.7 Å². The summed E-state index contributed by atoms with van der Waals surface area (Å²) in [5.74, 6) is 0.858. The van der Waals surface area contributed by atoms with Gasteiger partial charge in [0.05, 0.1) is 22.0 Å². The monoisotopic (exact) mass is 542 g/mol. The fourth-order valence-electron chi connectivity index (χ4n) is 8.24. The zero-order valence-corrected chi connectivity index (χ0v) is 21.9. The van der Waals surface area contributed by atoms with Crippen molar-refractivity contribution in [2.24, 2.45) is 5.92 Å². The second-order valence-electron chi connectivity index (χ2n) is 12.3. The molecule has 10 heteroatoms. The fraction of sp³-hybridized carbons (Fsp3) is 0.467. The zero-order valence-electron chi connectivity index (χ0n) is 21.9. The van der Waals surface area contributed by atoms with Crippen LogP contribution in [0.15, 0.2) is 42.6 Å². The number of phenols is 1. The van der Waals surface area contributed by atoms with E-state index < -0.39 is 28.1 Å². The molecule has 1 aromatic heterocycles. The molecule has 3 aromatic rings. The zero-order chi connectivity index (χ0) is 27.4. The summed E-state index contributed by atoms with van der Waals surface area (Å²) in [6.45, 7) is 1.85. The van der Waals surface area contributed by atoms with Crippen LogP contribution in [-0.4, -0.2) is 67.8 Å². The highest BCUT2D eigenvalue weighted by Crippen LogP contribution is 2.65. The van der Waals surface area contributed by atoms with Crippen LogP contribution in [0.2, 0.25) is 0 Å². The number of non-ortho nitro benzene ring substituents is 1. The molecule has 10 nitrogen and oxygen atoms in total. The number of aliphatic hydroxyl groups is 1. The van der Waals surface area contributed by atoms with E-state index in [1.54, 1.807) is 18.2 Å². The van der Waals surface area contributed by atoms with E-state index in [1.165, 1.54) is 31.2 Å². The SMILES string of the molecule is O=C(N[C@@H]1CC[C@@]2(O)[C@H]3Cc4ccc(O)c5c4[C@@]2(CCN3CC2CC2)[C@H]1O5)c1cc2ccc([N+](=O)[O-])cc2cn1. The predicted molar refractivity (Wildman–Crippen MR) is 144 cm³/mol. The van der Waals surface area contributed by atoms with Gasteiger partial charge in [-0.3, -0.25) is 24.8 Å². The van der Waals surface area contributed by atoms with E-state index in [2.05, 4.69) is 15.2 Å². The number of benzene rings is 2. The minimum atomic E-state index is -1.02. The van der Waals surface area contributed by atoms with Gasteiger partial charge in [0.25, 0.3) is 11.6 Å². The molecule has 3 heterocycles. The van der Waals surface area contributed by atoms with Gasteiger partial charge in [-0.25, -0.2) is 0 Å². The van der Waals surface area contributed by atoms with E-state index in [9.17, 15) is 25.1 Å². The number of rotatable bonds is 5. The quantitative estimate of drug-likeness (QED) is 0.330. The highest BCUT2D eigenvalue weighted by atomic mass is 16.6. The molecule has 1 amide bonds. The van der Waals surface area contributed by atoms with Crippen molar-refractivity contribution in [1.29, 1.82) is 0 Å². The predicted octanol–water partition coefficient (Wildman–Crippen LogP) is 3.21. The third-order valence-electron chi connectivity index (χ3n) is 10.2. The van der Waals surface area contributed by atoms with Crippen molar-refractivity contribution >= 4 is 22.4 Å². The van der Waals surface area contributed by atoms with Crippen LogP contribution >= 0.6 is 0 Å². The summed E-state index contributed by atoms with van der Waals surface area (Å²) in [6, 6.07) is 9.33. The van der Waals surface area contributed by atoms with Gasteiger partial charge in [-0.1, -0.05) is 6.07 Å². The Morgan fingerprint density at radius 3 is 2.83 bits per heavy atom. The lowest BCUT2D eigenvalue weighted by molar-refractivity contribution is -0.384. The van der Waals surface area contributed by atoms with Gasteiger partial charge in [0, 0.05) is 41.9 Å². The number of piperidine rings is 1. The minimum absolute atomic E-state index is 0.0289. The first-order valence-electron chi connectivity index (χ1n) is 14.1. The summed E-state index contributed by atoms with van der Waals surface area (Å²) >= 11 is 0. The second kappa shape index (κ2) is 8.14. The maximum atomic E-state index is 13.5. The average molecular weight is 543 g/mol. The molecule has 2 saturated carbocycles. The number of pyridine rings is 1. The molecule has 2 bridgehead atoms. The van der Waals surface area contributed by atoms with Crippen molar-refractivity contribution in [2.75, 3.05) is 13.1 Å². The van der Waals surface area contributed by atoms with E-state index in [1.807, 2.05) is 6.07 Å². The number of hydrogen-bond acceptors (Lipinski definition) is 8. The van der Waals surface area contributed by atoms with Gasteiger partial charge in [-0.2, -0.15) is 0 Å². The second-order valence-corrected chi connectivity index (χ2v) is 12.3. The number of fused-ring (bicyclic) bond motifs is 1. The molecule has 3 N–H and O–H groups in total. The van der Waals surface area contributed by atoms with Crippen molar-refractivity contribution < 1.29 is 24.7 Å². The molecule has 1 saturated heterocycles. The highest BCUT2D eigenvalue weighted by Gasteiger charge is 2.73. The van der Waals surface area contributed by atoms with Gasteiger partial charge < -0.3 is 20.3 Å². The molecule has 206 valence electrons. The van der Waals surface area contributed by atoms with E-state index in [-0.39, 0.29) is 29.1 Å². The topological polar surface area (TPSA) is 138 Å². The smallest absolute Gasteiger partial charge is 0.270 e. The van der Waals surface area contributed by atoms with E-state index in [0.717, 1.165) is 30.6 Å². The molecular weight excluding hydrogens is 512 g/mol. The van der Waals surface area contributed by atoms with Crippen LogP contribution in [-0.2, 0) is 11.8 Å². The third-order valence-corrected chi connectivity index (χ3v) is 10.2. The molecule has 5 atom stereocenters. The van der Waals surface area contributed by atoms with Crippen molar-refractivity contribution in [1.82, 2.24) is 15.2 Å². The van der Waals surface area contributed by atoms with Gasteiger partial charge in [0.1, 0.15) is 11.8 Å². The Kier molecular flexibility index (Phi) is 4.90. The molecule has 8 rings (SSSR count). The number of carbonyl (C=O) groups excluding carboxylic acids is 1. The van der Waals surface area contributed by atoms with Gasteiger partial charge in [-0.05, 0) is 80.1 Å². The Labute approximate surface area is 230 Å². The molecule has 40 heavy (non-hydrogen) atoms. The molecule has 2 aliphatic heterocycles. The number of aromatic nitrogens is 1. The summed E-state index contributed by atoms with van der Waals surface area (Å²) in [6.07, 6.45) is 5.93. The number of aromatic hydroxyl groups is 1. The normalized spacial score (nSPS) is 31.9.